The van der Waals surface area contributed by atoms with Crippen LogP contribution in [0.2, 0.25) is 0 Å². The van der Waals surface area contributed by atoms with E-state index in [4.69, 9.17) is 4.74 Å². The van der Waals surface area contributed by atoms with Crippen LogP contribution >= 0.6 is 0 Å². The lowest BCUT2D eigenvalue weighted by atomic mass is 10.1. The van der Waals surface area contributed by atoms with Crippen LogP contribution in [0.5, 0.6) is 5.75 Å². The number of benzene rings is 2. The van der Waals surface area contributed by atoms with E-state index in [0.717, 1.165) is 33.8 Å². The predicted molar refractivity (Wildman–Crippen MR) is 116 cm³/mol. The van der Waals surface area contributed by atoms with Crippen LogP contribution in [0.3, 0.4) is 0 Å². The first-order valence-electron chi connectivity index (χ1n) is 9.58. The molecule has 1 heterocycles. The monoisotopic (exact) mass is 390 g/mol. The molecule has 0 bridgehead atoms. The van der Waals surface area contributed by atoms with Gasteiger partial charge < -0.3 is 15.4 Å². The summed E-state index contributed by atoms with van der Waals surface area (Å²) in [6.07, 6.45) is 1.68. The van der Waals surface area contributed by atoms with Crippen molar-refractivity contribution in [3.05, 3.63) is 71.0 Å². The lowest BCUT2D eigenvalue weighted by Gasteiger charge is -2.13. The number of carbonyl (C=O) groups excluding carboxylic acids is 1. The highest BCUT2D eigenvalue weighted by molar-refractivity contribution is 6.03. The number of carbonyl (C=O) groups is 1. The number of aromatic nitrogens is 2. The van der Waals surface area contributed by atoms with Crippen molar-refractivity contribution in [3.8, 4) is 5.75 Å². The molecule has 1 amide bonds. The van der Waals surface area contributed by atoms with Gasteiger partial charge in [-0.1, -0.05) is 17.7 Å². The molecule has 0 atom stereocenters. The van der Waals surface area contributed by atoms with Gasteiger partial charge in [-0.2, -0.15) is 0 Å². The lowest BCUT2D eigenvalue weighted by Crippen LogP contribution is -2.16. The summed E-state index contributed by atoms with van der Waals surface area (Å²) in [5.74, 6) is 0.877. The largest absolute Gasteiger partial charge is 0.491 e. The fourth-order valence-electron chi connectivity index (χ4n) is 3.12. The fourth-order valence-corrected chi connectivity index (χ4v) is 3.12. The normalized spacial score (nSPS) is 10.7. The molecule has 29 heavy (non-hydrogen) atoms. The number of nitrogens with zero attached hydrogens (tertiary/aromatic N) is 2. The van der Waals surface area contributed by atoms with Gasteiger partial charge in [0.1, 0.15) is 11.4 Å². The van der Waals surface area contributed by atoms with Crippen molar-refractivity contribution < 1.29 is 9.53 Å². The smallest absolute Gasteiger partial charge is 0.274 e. The average molecular weight is 390 g/mol. The zero-order valence-electron chi connectivity index (χ0n) is 17.4. The molecule has 0 radical (unpaired) electrons. The van der Waals surface area contributed by atoms with Crippen molar-refractivity contribution in [1.82, 2.24) is 9.97 Å². The number of ether oxygens (including phenoxy) is 1. The molecular formula is C23H26N4O2. The Kier molecular flexibility index (Phi) is 6.12. The van der Waals surface area contributed by atoms with Crippen LogP contribution in [-0.4, -0.2) is 22.0 Å². The first-order chi connectivity index (χ1) is 13.8. The van der Waals surface area contributed by atoms with Gasteiger partial charge >= 0.3 is 0 Å². The summed E-state index contributed by atoms with van der Waals surface area (Å²) >= 11 is 0. The van der Waals surface area contributed by atoms with Gasteiger partial charge in [0.15, 0.2) is 0 Å². The Bertz CT molecular complexity index is 991. The van der Waals surface area contributed by atoms with E-state index in [1.807, 2.05) is 71.0 Å². The first kappa shape index (κ1) is 20.3. The fraction of sp³-hybridized carbons (Fsp3) is 0.261. The zero-order chi connectivity index (χ0) is 21.0. The van der Waals surface area contributed by atoms with Crippen molar-refractivity contribution in [2.24, 2.45) is 0 Å². The number of nitrogens with one attached hydrogen (secondary N) is 2. The summed E-state index contributed by atoms with van der Waals surface area (Å²) < 4.78 is 5.64. The summed E-state index contributed by atoms with van der Waals surface area (Å²) in [5, 5.41) is 6.08. The maximum atomic E-state index is 12.7. The third kappa shape index (κ3) is 5.31. The number of rotatable bonds is 6. The van der Waals surface area contributed by atoms with Crippen LogP contribution in [0.1, 0.15) is 41.0 Å². The van der Waals surface area contributed by atoms with Gasteiger partial charge in [-0.25, -0.2) is 9.97 Å². The SMILES string of the molecule is Cc1cc(C)c(NC(=O)c2ccnc(Nc3ccc(OC(C)C)cc3)n2)c(C)c1. The molecule has 0 saturated carbocycles. The van der Waals surface area contributed by atoms with E-state index >= 15 is 0 Å². The summed E-state index contributed by atoms with van der Waals surface area (Å²) in [7, 11) is 0. The topological polar surface area (TPSA) is 76.1 Å². The molecule has 2 aromatic carbocycles. The van der Waals surface area contributed by atoms with Gasteiger partial charge in [0.2, 0.25) is 5.95 Å². The van der Waals surface area contributed by atoms with E-state index in [0.29, 0.717) is 11.6 Å². The van der Waals surface area contributed by atoms with Crippen LogP contribution < -0.4 is 15.4 Å². The summed E-state index contributed by atoms with van der Waals surface area (Å²) in [6, 6.07) is 13.2. The van der Waals surface area contributed by atoms with Gasteiger partial charge in [-0.3, -0.25) is 4.79 Å². The van der Waals surface area contributed by atoms with E-state index in [1.54, 1.807) is 12.3 Å². The molecule has 0 fully saturated rings. The molecule has 1 aromatic heterocycles. The van der Waals surface area contributed by atoms with Gasteiger partial charge in [0, 0.05) is 17.6 Å². The van der Waals surface area contributed by atoms with Crippen molar-refractivity contribution in [1.29, 1.82) is 0 Å². The van der Waals surface area contributed by atoms with Gasteiger partial charge in [-0.15, -0.1) is 0 Å². The minimum absolute atomic E-state index is 0.119. The molecule has 2 N–H and O–H groups in total. The third-order valence-corrected chi connectivity index (χ3v) is 4.29. The standard InChI is InChI=1S/C23H26N4O2/c1-14(2)29-19-8-6-18(7-9-19)25-23-24-11-10-20(26-23)22(28)27-21-16(4)12-15(3)13-17(21)5/h6-14H,1-5H3,(H,27,28)(H,24,25,26). The molecule has 0 saturated heterocycles. The third-order valence-electron chi connectivity index (χ3n) is 4.29. The maximum Gasteiger partial charge on any atom is 0.274 e. The highest BCUT2D eigenvalue weighted by Gasteiger charge is 2.13. The van der Waals surface area contributed by atoms with E-state index < -0.39 is 0 Å². The molecule has 0 aliphatic rings. The number of hydrogen-bond donors (Lipinski definition) is 2. The molecule has 3 aromatic rings. The number of aryl methyl sites for hydroxylation is 3. The molecule has 6 nitrogen and oxygen atoms in total. The van der Waals surface area contributed by atoms with Crippen LogP contribution in [-0.2, 0) is 0 Å². The Hall–Kier alpha value is -3.41. The Labute approximate surface area is 171 Å². The quantitative estimate of drug-likeness (QED) is 0.606. The average Bonchev–Trinajstić information content (AvgIpc) is 2.66. The highest BCUT2D eigenvalue weighted by Crippen LogP contribution is 2.23. The molecule has 0 aliphatic heterocycles. The molecule has 150 valence electrons. The minimum Gasteiger partial charge on any atom is -0.491 e. The lowest BCUT2D eigenvalue weighted by molar-refractivity contribution is 0.102. The molecule has 0 aliphatic carbocycles. The van der Waals surface area contributed by atoms with Crippen LogP contribution in [0, 0.1) is 20.8 Å². The molecule has 3 rings (SSSR count). The van der Waals surface area contributed by atoms with E-state index in [2.05, 4.69) is 20.6 Å². The van der Waals surface area contributed by atoms with Crippen molar-refractivity contribution in [2.45, 2.75) is 40.7 Å². The summed E-state index contributed by atoms with van der Waals surface area (Å²) in [5.41, 5.74) is 5.12. The first-order valence-corrected chi connectivity index (χ1v) is 9.58. The second kappa shape index (κ2) is 8.73. The summed E-state index contributed by atoms with van der Waals surface area (Å²) in [6.45, 7) is 9.96. The molecule has 6 heteroatoms. The van der Waals surface area contributed by atoms with Crippen LogP contribution in [0.25, 0.3) is 0 Å². The minimum atomic E-state index is -0.272. The van der Waals surface area contributed by atoms with E-state index in [1.165, 1.54) is 0 Å². The van der Waals surface area contributed by atoms with E-state index in [-0.39, 0.29) is 12.0 Å². The zero-order valence-corrected chi connectivity index (χ0v) is 17.4. The van der Waals surface area contributed by atoms with Gasteiger partial charge in [-0.05, 0) is 76.1 Å². The molecule has 0 unspecified atom stereocenters. The number of hydrogen-bond acceptors (Lipinski definition) is 5. The van der Waals surface area contributed by atoms with Crippen molar-refractivity contribution in [3.63, 3.8) is 0 Å². The van der Waals surface area contributed by atoms with Crippen LogP contribution in [0.15, 0.2) is 48.7 Å². The Morgan fingerprint density at radius 3 is 2.28 bits per heavy atom. The second-order valence-corrected chi connectivity index (χ2v) is 7.31. The van der Waals surface area contributed by atoms with Crippen molar-refractivity contribution >= 4 is 23.2 Å². The molecular weight excluding hydrogens is 364 g/mol. The van der Waals surface area contributed by atoms with Crippen LogP contribution in [0.4, 0.5) is 17.3 Å². The molecule has 0 spiro atoms. The second-order valence-electron chi connectivity index (χ2n) is 7.31. The van der Waals surface area contributed by atoms with Gasteiger partial charge in [0.25, 0.3) is 5.91 Å². The van der Waals surface area contributed by atoms with Crippen molar-refractivity contribution in [2.75, 3.05) is 10.6 Å². The maximum absolute atomic E-state index is 12.7. The predicted octanol–water partition coefficient (Wildman–Crippen LogP) is 5.18. The Morgan fingerprint density at radius 1 is 1.00 bits per heavy atom. The van der Waals surface area contributed by atoms with Gasteiger partial charge in [0.05, 0.1) is 6.10 Å². The Balaban J connectivity index is 1.73. The highest BCUT2D eigenvalue weighted by atomic mass is 16.5. The summed E-state index contributed by atoms with van der Waals surface area (Å²) in [4.78, 5) is 21.3. The Morgan fingerprint density at radius 2 is 1.66 bits per heavy atom. The number of amides is 1. The number of anilines is 3. The van der Waals surface area contributed by atoms with E-state index in [9.17, 15) is 4.79 Å².